The van der Waals surface area contributed by atoms with Crippen LogP contribution in [-0.4, -0.2) is 39.6 Å². The molecule has 3 heterocycles. The number of aliphatic hydroxyl groups is 1. The van der Waals surface area contributed by atoms with Crippen LogP contribution in [0.5, 0.6) is 5.75 Å². The molecule has 7 nitrogen and oxygen atoms in total. The number of benzene rings is 2. The number of hydrogen-bond acceptors (Lipinski definition) is 9. The SMILES string of the molecule is CCOc1ccc2nc(N3C(=O)C(O)=C(C(=O)c4sc(C)nc4C)C3c3ccc(SC)cc3)sc2c1. The third-order valence-electron chi connectivity index (χ3n) is 5.86. The summed E-state index contributed by atoms with van der Waals surface area (Å²) in [7, 11) is 0. The minimum Gasteiger partial charge on any atom is -0.503 e. The van der Waals surface area contributed by atoms with Crippen molar-refractivity contribution in [3.8, 4) is 5.75 Å². The van der Waals surface area contributed by atoms with E-state index in [2.05, 4.69) is 9.97 Å². The number of rotatable bonds is 7. The lowest BCUT2D eigenvalue weighted by Crippen LogP contribution is -2.31. The summed E-state index contributed by atoms with van der Waals surface area (Å²) in [6, 6.07) is 12.4. The van der Waals surface area contributed by atoms with Crippen molar-refractivity contribution >= 4 is 61.5 Å². The lowest BCUT2D eigenvalue weighted by Gasteiger charge is -2.24. The van der Waals surface area contributed by atoms with Crippen molar-refractivity contribution in [1.82, 2.24) is 9.97 Å². The Morgan fingerprint density at radius 1 is 1.14 bits per heavy atom. The van der Waals surface area contributed by atoms with Crippen LogP contribution < -0.4 is 9.64 Å². The molecule has 1 unspecified atom stereocenters. The quantitative estimate of drug-likeness (QED) is 0.219. The number of aromatic nitrogens is 2. The fraction of sp³-hybridized carbons (Fsp3) is 0.231. The molecule has 0 radical (unpaired) electrons. The second-order valence-electron chi connectivity index (χ2n) is 8.15. The molecule has 0 spiro atoms. The predicted octanol–water partition coefficient (Wildman–Crippen LogP) is 6.27. The van der Waals surface area contributed by atoms with Crippen LogP contribution in [0.2, 0.25) is 0 Å². The van der Waals surface area contributed by atoms with Gasteiger partial charge in [-0.15, -0.1) is 23.1 Å². The summed E-state index contributed by atoms with van der Waals surface area (Å²) in [5.74, 6) is -0.894. The van der Waals surface area contributed by atoms with Gasteiger partial charge in [0.05, 0.1) is 44.0 Å². The minimum atomic E-state index is -0.824. The summed E-state index contributed by atoms with van der Waals surface area (Å²) in [4.78, 5) is 39.2. The van der Waals surface area contributed by atoms with Crippen molar-refractivity contribution in [3.63, 3.8) is 0 Å². The molecule has 4 aromatic rings. The zero-order valence-corrected chi connectivity index (χ0v) is 22.5. The number of nitrogens with zero attached hydrogens (tertiary/aromatic N) is 3. The number of amides is 1. The Morgan fingerprint density at radius 2 is 1.89 bits per heavy atom. The minimum absolute atomic E-state index is 0.0397. The van der Waals surface area contributed by atoms with E-state index in [4.69, 9.17) is 4.74 Å². The van der Waals surface area contributed by atoms with E-state index in [-0.39, 0.29) is 5.57 Å². The third-order valence-corrected chi connectivity index (χ3v) is 8.69. The predicted molar refractivity (Wildman–Crippen MR) is 145 cm³/mol. The molecular formula is C26H23N3O4S3. The highest BCUT2D eigenvalue weighted by atomic mass is 32.2. The molecule has 2 aromatic carbocycles. The zero-order chi connectivity index (χ0) is 25.6. The van der Waals surface area contributed by atoms with Gasteiger partial charge in [0.2, 0.25) is 5.78 Å². The second-order valence-corrected chi connectivity index (χ2v) is 11.2. The highest BCUT2D eigenvalue weighted by Gasteiger charge is 2.46. The Bertz CT molecular complexity index is 1520. The van der Waals surface area contributed by atoms with E-state index in [1.807, 2.05) is 62.6 Å². The Kier molecular flexibility index (Phi) is 6.59. The van der Waals surface area contributed by atoms with Crippen LogP contribution in [0, 0.1) is 13.8 Å². The molecule has 1 N–H and O–H groups in total. The van der Waals surface area contributed by atoms with Crippen LogP contribution in [0.3, 0.4) is 0 Å². The summed E-state index contributed by atoms with van der Waals surface area (Å²) in [6.07, 6.45) is 1.98. The van der Waals surface area contributed by atoms with Gasteiger partial charge in [-0.3, -0.25) is 14.5 Å². The van der Waals surface area contributed by atoms with E-state index < -0.39 is 23.5 Å². The Balaban J connectivity index is 1.65. The van der Waals surface area contributed by atoms with Gasteiger partial charge in [-0.05, 0) is 62.9 Å². The van der Waals surface area contributed by atoms with Gasteiger partial charge in [-0.25, -0.2) is 9.97 Å². The number of thioether (sulfide) groups is 1. The van der Waals surface area contributed by atoms with Gasteiger partial charge in [-0.1, -0.05) is 23.5 Å². The highest BCUT2D eigenvalue weighted by molar-refractivity contribution is 7.98. The number of fused-ring (bicyclic) bond motifs is 1. The van der Waals surface area contributed by atoms with Gasteiger partial charge < -0.3 is 9.84 Å². The average molecular weight is 538 g/mol. The summed E-state index contributed by atoms with van der Waals surface area (Å²) < 4.78 is 6.45. The second kappa shape index (κ2) is 9.68. The van der Waals surface area contributed by atoms with Crippen molar-refractivity contribution in [3.05, 3.63) is 74.9 Å². The number of hydrogen-bond donors (Lipinski definition) is 1. The number of ketones is 1. The zero-order valence-electron chi connectivity index (χ0n) is 20.1. The number of carbonyl (C=O) groups is 2. The van der Waals surface area contributed by atoms with Gasteiger partial charge in [-0.2, -0.15) is 0 Å². The van der Waals surface area contributed by atoms with E-state index in [1.54, 1.807) is 18.7 Å². The Morgan fingerprint density at radius 3 is 2.53 bits per heavy atom. The van der Waals surface area contributed by atoms with Crippen molar-refractivity contribution in [2.45, 2.75) is 31.7 Å². The van der Waals surface area contributed by atoms with E-state index in [9.17, 15) is 14.7 Å². The molecule has 1 atom stereocenters. The van der Waals surface area contributed by atoms with Crippen molar-refractivity contribution in [1.29, 1.82) is 0 Å². The smallest absolute Gasteiger partial charge is 0.296 e. The van der Waals surface area contributed by atoms with Crippen LogP contribution >= 0.6 is 34.4 Å². The van der Waals surface area contributed by atoms with Crippen LogP contribution in [0.15, 0.2) is 58.7 Å². The molecule has 184 valence electrons. The van der Waals surface area contributed by atoms with Crippen LogP contribution in [0.25, 0.3) is 10.2 Å². The number of ether oxygens (including phenoxy) is 1. The van der Waals surface area contributed by atoms with E-state index in [1.165, 1.54) is 27.6 Å². The number of carbonyl (C=O) groups excluding carboxylic acids is 2. The molecule has 0 aliphatic carbocycles. The fourth-order valence-corrected chi connectivity index (χ4v) is 6.56. The van der Waals surface area contributed by atoms with E-state index >= 15 is 0 Å². The molecule has 36 heavy (non-hydrogen) atoms. The van der Waals surface area contributed by atoms with Crippen molar-refractivity contribution < 1.29 is 19.4 Å². The first-order chi connectivity index (χ1) is 17.3. The lowest BCUT2D eigenvalue weighted by atomic mass is 9.95. The molecule has 0 saturated carbocycles. The lowest BCUT2D eigenvalue weighted by molar-refractivity contribution is -0.117. The first kappa shape index (κ1) is 24.5. The highest BCUT2D eigenvalue weighted by Crippen LogP contribution is 2.45. The molecular weight excluding hydrogens is 515 g/mol. The van der Waals surface area contributed by atoms with E-state index in [0.717, 1.165) is 14.6 Å². The van der Waals surface area contributed by atoms with Gasteiger partial charge in [0.1, 0.15) is 5.75 Å². The maximum atomic E-state index is 13.7. The number of anilines is 1. The van der Waals surface area contributed by atoms with Gasteiger partial charge >= 0.3 is 0 Å². The van der Waals surface area contributed by atoms with Crippen LogP contribution in [-0.2, 0) is 4.79 Å². The summed E-state index contributed by atoms with van der Waals surface area (Å²) >= 11 is 4.17. The first-order valence-corrected chi connectivity index (χ1v) is 14.1. The summed E-state index contributed by atoms with van der Waals surface area (Å²) in [6.45, 7) is 6.03. The summed E-state index contributed by atoms with van der Waals surface area (Å²) in [5, 5.41) is 12.2. The number of aryl methyl sites for hydroxylation is 2. The molecule has 0 fully saturated rings. The van der Waals surface area contributed by atoms with Crippen molar-refractivity contribution in [2.75, 3.05) is 17.8 Å². The summed E-state index contributed by atoms with van der Waals surface area (Å²) in [5.41, 5.74) is 2.03. The standard InChI is InChI=1S/C26H23N3O4S3/c1-5-33-16-8-11-18-19(12-16)36-26(28-18)29-21(15-6-9-17(34-4)10-7-15)20(23(31)25(29)32)22(30)24-13(2)27-14(3)35-24/h6-12,21,31H,5H2,1-4H3. The monoisotopic (exact) mass is 537 g/mol. The largest absolute Gasteiger partial charge is 0.503 e. The Labute approximate surface area is 220 Å². The maximum absolute atomic E-state index is 13.7. The molecule has 5 rings (SSSR count). The van der Waals surface area contributed by atoms with Crippen LogP contribution in [0.4, 0.5) is 5.13 Å². The number of Topliss-reactive ketones (excluding diaryl/α,β-unsaturated/α-hetero) is 1. The number of thiazole rings is 2. The third kappa shape index (κ3) is 4.19. The topological polar surface area (TPSA) is 92.6 Å². The molecule has 0 saturated heterocycles. The van der Waals surface area contributed by atoms with Crippen molar-refractivity contribution in [2.24, 2.45) is 0 Å². The van der Waals surface area contributed by atoms with Gasteiger partial charge in [0, 0.05) is 4.90 Å². The van der Waals surface area contributed by atoms with Crippen LogP contribution in [0.1, 0.15) is 38.9 Å². The molecule has 2 aromatic heterocycles. The van der Waals surface area contributed by atoms with Gasteiger partial charge in [0.15, 0.2) is 10.9 Å². The molecule has 1 aliphatic rings. The average Bonchev–Trinajstić information content (AvgIpc) is 3.51. The maximum Gasteiger partial charge on any atom is 0.296 e. The number of aliphatic hydroxyl groups excluding tert-OH is 1. The molecule has 1 amide bonds. The normalized spacial score (nSPS) is 15.8. The van der Waals surface area contributed by atoms with E-state index in [0.29, 0.717) is 39.1 Å². The van der Waals surface area contributed by atoms with Gasteiger partial charge in [0.25, 0.3) is 5.91 Å². The molecule has 1 aliphatic heterocycles. The fourth-order valence-electron chi connectivity index (χ4n) is 4.25. The first-order valence-electron chi connectivity index (χ1n) is 11.2. The Hall–Kier alpha value is -3.21. The molecule has 10 heteroatoms. The molecule has 0 bridgehead atoms.